The molecule has 0 radical (unpaired) electrons. The van der Waals surface area contributed by atoms with E-state index in [0.717, 1.165) is 32.5 Å². The van der Waals surface area contributed by atoms with Gasteiger partial charge in [0, 0.05) is 13.1 Å². The maximum atomic E-state index is 9.37. The van der Waals surface area contributed by atoms with Crippen molar-refractivity contribution in [2.75, 3.05) is 26.2 Å². The Kier molecular flexibility index (Phi) is 3.98. The molecule has 72 valence electrons. The summed E-state index contributed by atoms with van der Waals surface area (Å²) < 4.78 is 0. The summed E-state index contributed by atoms with van der Waals surface area (Å²) in [6.45, 7) is 4.85. The van der Waals surface area contributed by atoms with Crippen molar-refractivity contribution in [2.24, 2.45) is 5.92 Å². The maximum absolute atomic E-state index is 9.37. The Balaban J connectivity index is 2.30. The van der Waals surface area contributed by atoms with Crippen molar-refractivity contribution in [2.45, 2.75) is 25.9 Å². The first-order chi connectivity index (χ1) is 5.74. The average Bonchev–Trinajstić information content (AvgIpc) is 2.05. The standard InChI is InChI=1S/C9H19NO2/c1-8(12)9-3-2-4-10(7-9)5-6-11/h8-9,11-12H,2-7H2,1H3/t8-,9-/m1/s1. The Morgan fingerprint density at radius 1 is 1.58 bits per heavy atom. The van der Waals surface area contributed by atoms with Gasteiger partial charge in [-0.2, -0.15) is 0 Å². The van der Waals surface area contributed by atoms with E-state index in [0.29, 0.717) is 5.92 Å². The van der Waals surface area contributed by atoms with Crippen LogP contribution < -0.4 is 0 Å². The predicted molar refractivity (Wildman–Crippen MR) is 47.9 cm³/mol. The topological polar surface area (TPSA) is 43.7 Å². The van der Waals surface area contributed by atoms with Crippen molar-refractivity contribution in [3.05, 3.63) is 0 Å². The summed E-state index contributed by atoms with van der Waals surface area (Å²) in [5.41, 5.74) is 0. The third-order valence-corrected chi connectivity index (χ3v) is 2.64. The second kappa shape index (κ2) is 4.80. The molecule has 0 unspecified atom stereocenters. The minimum Gasteiger partial charge on any atom is -0.395 e. The Morgan fingerprint density at radius 3 is 2.92 bits per heavy atom. The Hall–Kier alpha value is -0.120. The van der Waals surface area contributed by atoms with E-state index < -0.39 is 0 Å². The molecule has 0 aromatic heterocycles. The molecule has 1 fully saturated rings. The largest absolute Gasteiger partial charge is 0.395 e. The van der Waals surface area contributed by atoms with Crippen molar-refractivity contribution in [3.63, 3.8) is 0 Å². The minimum atomic E-state index is -0.202. The van der Waals surface area contributed by atoms with Gasteiger partial charge in [-0.3, -0.25) is 0 Å². The molecule has 0 aromatic rings. The molecule has 0 amide bonds. The highest BCUT2D eigenvalue weighted by atomic mass is 16.3. The number of piperidine rings is 1. The zero-order valence-electron chi connectivity index (χ0n) is 7.74. The van der Waals surface area contributed by atoms with Gasteiger partial charge in [0.05, 0.1) is 12.7 Å². The molecule has 0 aliphatic carbocycles. The van der Waals surface area contributed by atoms with Crippen molar-refractivity contribution < 1.29 is 10.2 Å². The highest BCUT2D eigenvalue weighted by Gasteiger charge is 2.22. The van der Waals surface area contributed by atoms with Crippen molar-refractivity contribution in [1.82, 2.24) is 4.90 Å². The Bertz CT molecular complexity index is 126. The lowest BCUT2D eigenvalue weighted by atomic mass is 9.93. The molecule has 0 saturated carbocycles. The maximum Gasteiger partial charge on any atom is 0.0558 e. The fraction of sp³-hybridized carbons (Fsp3) is 1.00. The van der Waals surface area contributed by atoms with Crippen molar-refractivity contribution >= 4 is 0 Å². The van der Waals surface area contributed by atoms with Gasteiger partial charge in [-0.05, 0) is 32.2 Å². The second-order valence-corrected chi connectivity index (χ2v) is 3.67. The van der Waals surface area contributed by atoms with Crippen LogP contribution in [-0.4, -0.2) is 47.5 Å². The summed E-state index contributed by atoms with van der Waals surface area (Å²) in [5.74, 6) is 0.408. The van der Waals surface area contributed by atoms with E-state index in [2.05, 4.69) is 4.90 Å². The lowest BCUT2D eigenvalue weighted by Gasteiger charge is -2.33. The van der Waals surface area contributed by atoms with Gasteiger partial charge in [0.2, 0.25) is 0 Å². The van der Waals surface area contributed by atoms with E-state index in [1.165, 1.54) is 0 Å². The van der Waals surface area contributed by atoms with Crippen LogP contribution in [-0.2, 0) is 0 Å². The number of hydrogen-bond acceptors (Lipinski definition) is 3. The summed E-state index contributed by atoms with van der Waals surface area (Å²) in [4.78, 5) is 2.22. The van der Waals surface area contributed by atoms with Crippen LogP contribution in [0.25, 0.3) is 0 Å². The van der Waals surface area contributed by atoms with Gasteiger partial charge in [0.1, 0.15) is 0 Å². The fourth-order valence-corrected chi connectivity index (χ4v) is 1.83. The van der Waals surface area contributed by atoms with Gasteiger partial charge in [-0.25, -0.2) is 0 Å². The van der Waals surface area contributed by atoms with Crippen LogP contribution in [0.1, 0.15) is 19.8 Å². The molecule has 1 saturated heterocycles. The van der Waals surface area contributed by atoms with Gasteiger partial charge in [-0.15, -0.1) is 0 Å². The molecule has 0 aromatic carbocycles. The summed E-state index contributed by atoms with van der Waals surface area (Å²) in [6.07, 6.45) is 2.07. The van der Waals surface area contributed by atoms with E-state index in [1.54, 1.807) is 0 Å². The Morgan fingerprint density at radius 2 is 2.33 bits per heavy atom. The van der Waals surface area contributed by atoms with Crippen LogP contribution in [0.15, 0.2) is 0 Å². The SMILES string of the molecule is C[C@@H](O)[C@@H]1CCCN(CCO)C1. The monoisotopic (exact) mass is 173 g/mol. The lowest BCUT2D eigenvalue weighted by Crippen LogP contribution is -2.40. The van der Waals surface area contributed by atoms with Crippen LogP contribution in [0.2, 0.25) is 0 Å². The highest BCUT2D eigenvalue weighted by molar-refractivity contribution is 4.75. The summed E-state index contributed by atoms with van der Waals surface area (Å²) >= 11 is 0. The van der Waals surface area contributed by atoms with Crippen LogP contribution >= 0.6 is 0 Å². The van der Waals surface area contributed by atoms with Gasteiger partial charge in [0.25, 0.3) is 0 Å². The number of likely N-dealkylation sites (tertiary alicyclic amines) is 1. The smallest absolute Gasteiger partial charge is 0.0558 e. The first-order valence-corrected chi connectivity index (χ1v) is 4.75. The third kappa shape index (κ3) is 2.73. The van der Waals surface area contributed by atoms with Crippen LogP contribution in [0.4, 0.5) is 0 Å². The number of nitrogens with zero attached hydrogens (tertiary/aromatic N) is 1. The molecule has 1 rings (SSSR count). The molecule has 3 heteroatoms. The molecule has 0 bridgehead atoms. The zero-order chi connectivity index (χ0) is 8.97. The molecule has 0 spiro atoms. The highest BCUT2D eigenvalue weighted by Crippen LogP contribution is 2.18. The minimum absolute atomic E-state index is 0.202. The molecule has 2 N–H and O–H groups in total. The quantitative estimate of drug-likeness (QED) is 0.635. The molecular formula is C9H19NO2. The first kappa shape index (κ1) is 9.96. The average molecular weight is 173 g/mol. The van der Waals surface area contributed by atoms with E-state index in [4.69, 9.17) is 5.11 Å². The molecule has 1 heterocycles. The summed E-state index contributed by atoms with van der Waals surface area (Å²) in [7, 11) is 0. The second-order valence-electron chi connectivity index (χ2n) is 3.67. The molecular weight excluding hydrogens is 154 g/mol. The number of hydrogen-bond donors (Lipinski definition) is 2. The van der Waals surface area contributed by atoms with Crippen molar-refractivity contribution in [1.29, 1.82) is 0 Å². The van der Waals surface area contributed by atoms with Crippen molar-refractivity contribution in [3.8, 4) is 0 Å². The molecule has 1 aliphatic heterocycles. The van der Waals surface area contributed by atoms with Crippen LogP contribution in [0, 0.1) is 5.92 Å². The number of β-amino-alcohol motifs (C(OH)–C–C–N with tert-alkyl or cyclic N) is 1. The van der Waals surface area contributed by atoms with Gasteiger partial charge in [0.15, 0.2) is 0 Å². The summed E-state index contributed by atoms with van der Waals surface area (Å²) in [5, 5.41) is 18.1. The number of aliphatic hydroxyl groups is 2. The third-order valence-electron chi connectivity index (χ3n) is 2.64. The normalized spacial score (nSPS) is 28.8. The Labute approximate surface area is 74.0 Å². The molecule has 12 heavy (non-hydrogen) atoms. The number of aliphatic hydroxyl groups excluding tert-OH is 2. The predicted octanol–water partition coefficient (Wildman–Crippen LogP) is 0.0715. The summed E-state index contributed by atoms with van der Waals surface area (Å²) in [6, 6.07) is 0. The van der Waals surface area contributed by atoms with Gasteiger partial charge in [-0.1, -0.05) is 0 Å². The van der Waals surface area contributed by atoms with Crippen LogP contribution in [0.3, 0.4) is 0 Å². The van der Waals surface area contributed by atoms with E-state index >= 15 is 0 Å². The van der Waals surface area contributed by atoms with Gasteiger partial charge < -0.3 is 15.1 Å². The van der Waals surface area contributed by atoms with E-state index in [9.17, 15) is 5.11 Å². The number of rotatable bonds is 3. The molecule has 3 nitrogen and oxygen atoms in total. The van der Waals surface area contributed by atoms with Gasteiger partial charge >= 0.3 is 0 Å². The molecule has 1 aliphatic rings. The van der Waals surface area contributed by atoms with E-state index in [-0.39, 0.29) is 12.7 Å². The lowest BCUT2D eigenvalue weighted by molar-refractivity contribution is 0.0557. The zero-order valence-corrected chi connectivity index (χ0v) is 7.74. The van der Waals surface area contributed by atoms with E-state index in [1.807, 2.05) is 6.92 Å². The van der Waals surface area contributed by atoms with Crippen LogP contribution in [0.5, 0.6) is 0 Å². The fourth-order valence-electron chi connectivity index (χ4n) is 1.83. The first-order valence-electron chi connectivity index (χ1n) is 4.75. The molecule has 2 atom stereocenters.